The molecule has 5 heteroatoms. The fourth-order valence-electron chi connectivity index (χ4n) is 2.82. The van der Waals surface area contributed by atoms with E-state index in [0.29, 0.717) is 24.2 Å². The van der Waals surface area contributed by atoms with Crippen molar-refractivity contribution in [2.75, 3.05) is 12.0 Å². The molecule has 2 aromatic carbocycles. The van der Waals surface area contributed by atoms with Crippen LogP contribution in [0.15, 0.2) is 52.9 Å². The summed E-state index contributed by atoms with van der Waals surface area (Å²) in [4.78, 5) is 2.22. The Kier molecular flexibility index (Phi) is 5.56. The minimum absolute atomic E-state index is 0.531. The minimum atomic E-state index is 0.531. The molecule has 5 nitrogen and oxygen atoms in total. The monoisotopic (exact) mass is 351 g/mol. The first-order valence-electron chi connectivity index (χ1n) is 8.82. The van der Waals surface area contributed by atoms with E-state index in [-0.39, 0.29) is 0 Å². The summed E-state index contributed by atoms with van der Waals surface area (Å²) in [7, 11) is 1.67. The van der Waals surface area contributed by atoms with Gasteiger partial charge in [-0.15, -0.1) is 10.2 Å². The number of anilines is 1. The van der Waals surface area contributed by atoms with Gasteiger partial charge in [0.15, 0.2) is 0 Å². The van der Waals surface area contributed by atoms with Crippen molar-refractivity contribution in [1.82, 2.24) is 10.2 Å². The quantitative estimate of drug-likeness (QED) is 0.617. The van der Waals surface area contributed by atoms with Crippen molar-refractivity contribution >= 4 is 5.69 Å². The van der Waals surface area contributed by atoms with E-state index < -0.39 is 0 Å². The van der Waals surface area contributed by atoms with Crippen molar-refractivity contribution in [3.8, 4) is 5.75 Å². The van der Waals surface area contributed by atoms with E-state index in [2.05, 4.69) is 53.2 Å². The SMILES string of the molecule is COc1ccc(N(Cc2ccc(C(C)C)cc2)Cc2nnc(C)o2)cc1. The van der Waals surface area contributed by atoms with Crippen LogP contribution in [0.3, 0.4) is 0 Å². The van der Waals surface area contributed by atoms with Crippen LogP contribution in [0.1, 0.15) is 42.7 Å². The number of hydrogen-bond acceptors (Lipinski definition) is 5. The lowest BCUT2D eigenvalue weighted by Crippen LogP contribution is -2.22. The van der Waals surface area contributed by atoms with Gasteiger partial charge in [-0.3, -0.25) is 0 Å². The summed E-state index contributed by atoms with van der Waals surface area (Å²) in [6.07, 6.45) is 0. The third-order valence-electron chi connectivity index (χ3n) is 4.35. The molecule has 1 aromatic heterocycles. The Labute approximate surface area is 154 Å². The first-order chi connectivity index (χ1) is 12.5. The molecular weight excluding hydrogens is 326 g/mol. The van der Waals surface area contributed by atoms with Crippen molar-refractivity contribution in [3.63, 3.8) is 0 Å². The van der Waals surface area contributed by atoms with Crippen LogP contribution in [0.4, 0.5) is 5.69 Å². The fraction of sp³-hybridized carbons (Fsp3) is 0.333. The average Bonchev–Trinajstić information content (AvgIpc) is 3.06. The zero-order valence-corrected chi connectivity index (χ0v) is 15.8. The highest BCUT2D eigenvalue weighted by atomic mass is 16.5. The van der Waals surface area contributed by atoms with E-state index in [4.69, 9.17) is 9.15 Å². The van der Waals surface area contributed by atoms with Crippen LogP contribution >= 0.6 is 0 Å². The summed E-state index contributed by atoms with van der Waals surface area (Å²) >= 11 is 0. The highest BCUT2D eigenvalue weighted by molar-refractivity contribution is 5.49. The molecule has 0 atom stereocenters. The largest absolute Gasteiger partial charge is 0.497 e. The van der Waals surface area contributed by atoms with Crippen LogP contribution in [-0.2, 0) is 13.1 Å². The molecule has 0 radical (unpaired) electrons. The van der Waals surface area contributed by atoms with Gasteiger partial charge in [0, 0.05) is 19.2 Å². The molecule has 0 bridgehead atoms. The topological polar surface area (TPSA) is 51.4 Å². The Morgan fingerprint density at radius 3 is 2.19 bits per heavy atom. The second-order valence-electron chi connectivity index (χ2n) is 6.67. The number of aryl methyl sites for hydroxylation is 1. The first kappa shape index (κ1) is 18.0. The zero-order valence-electron chi connectivity index (χ0n) is 15.8. The van der Waals surface area contributed by atoms with Gasteiger partial charge in [0.25, 0.3) is 0 Å². The molecule has 0 aliphatic rings. The maximum atomic E-state index is 5.58. The standard InChI is InChI=1S/C21H25N3O2/c1-15(2)18-7-5-17(6-8-18)13-24(14-21-23-22-16(3)26-21)19-9-11-20(25-4)12-10-19/h5-12,15H,13-14H2,1-4H3. The Morgan fingerprint density at radius 2 is 1.65 bits per heavy atom. The summed E-state index contributed by atoms with van der Waals surface area (Å²) < 4.78 is 10.8. The highest BCUT2D eigenvalue weighted by Gasteiger charge is 2.13. The molecule has 0 aliphatic carbocycles. The Hall–Kier alpha value is -2.82. The van der Waals surface area contributed by atoms with Crippen LogP contribution in [0.5, 0.6) is 5.75 Å². The van der Waals surface area contributed by atoms with Crippen molar-refractivity contribution in [2.24, 2.45) is 0 Å². The molecule has 0 saturated carbocycles. The molecule has 0 spiro atoms. The van der Waals surface area contributed by atoms with Crippen LogP contribution in [0.2, 0.25) is 0 Å². The number of methoxy groups -OCH3 is 1. The molecule has 1 heterocycles. The van der Waals surface area contributed by atoms with Gasteiger partial charge in [0.2, 0.25) is 11.8 Å². The Bertz CT molecular complexity index is 823. The lowest BCUT2D eigenvalue weighted by molar-refractivity contribution is 0.414. The average molecular weight is 351 g/mol. The van der Waals surface area contributed by atoms with Gasteiger partial charge in [-0.25, -0.2) is 0 Å². The van der Waals surface area contributed by atoms with Gasteiger partial charge in [0.1, 0.15) is 5.75 Å². The predicted octanol–water partition coefficient (Wildman–Crippen LogP) is 4.72. The predicted molar refractivity (Wildman–Crippen MR) is 102 cm³/mol. The van der Waals surface area contributed by atoms with Crippen LogP contribution in [0.25, 0.3) is 0 Å². The van der Waals surface area contributed by atoms with Crippen molar-refractivity contribution < 1.29 is 9.15 Å². The summed E-state index contributed by atoms with van der Waals surface area (Å²) in [6.45, 7) is 7.53. The molecule has 136 valence electrons. The number of aromatic nitrogens is 2. The van der Waals surface area contributed by atoms with Gasteiger partial charge in [-0.2, -0.15) is 0 Å². The van der Waals surface area contributed by atoms with E-state index in [1.807, 2.05) is 24.3 Å². The molecule has 0 N–H and O–H groups in total. The second kappa shape index (κ2) is 8.04. The molecule has 0 aliphatic heterocycles. The molecule has 3 rings (SSSR count). The maximum Gasteiger partial charge on any atom is 0.235 e. The molecule has 0 saturated heterocycles. The van der Waals surface area contributed by atoms with E-state index in [1.165, 1.54) is 11.1 Å². The van der Waals surface area contributed by atoms with E-state index in [0.717, 1.165) is 18.0 Å². The fourth-order valence-corrected chi connectivity index (χ4v) is 2.82. The maximum absolute atomic E-state index is 5.58. The van der Waals surface area contributed by atoms with Gasteiger partial charge in [0.05, 0.1) is 13.7 Å². The van der Waals surface area contributed by atoms with Gasteiger partial charge in [-0.1, -0.05) is 38.1 Å². The third-order valence-corrected chi connectivity index (χ3v) is 4.35. The van der Waals surface area contributed by atoms with Crippen LogP contribution in [0, 0.1) is 6.92 Å². The molecule has 3 aromatic rings. The first-order valence-corrected chi connectivity index (χ1v) is 8.82. The molecule has 0 fully saturated rings. The summed E-state index contributed by atoms with van der Waals surface area (Å²) in [5.41, 5.74) is 3.66. The van der Waals surface area contributed by atoms with Gasteiger partial charge in [-0.05, 0) is 41.3 Å². The molecule has 26 heavy (non-hydrogen) atoms. The lowest BCUT2D eigenvalue weighted by Gasteiger charge is -2.24. The van der Waals surface area contributed by atoms with Crippen LogP contribution < -0.4 is 9.64 Å². The lowest BCUT2D eigenvalue weighted by atomic mass is 10.0. The number of hydrogen-bond donors (Lipinski definition) is 0. The number of nitrogens with zero attached hydrogens (tertiary/aromatic N) is 3. The number of ether oxygens (including phenoxy) is 1. The van der Waals surface area contributed by atoms with Crippen molar-refractivity contribution in [2.45, 2.75) is 39.8 Å². The van der Waals surface area contributed by atoms with E-state index >= 15 is 0 Å². The smallest absolute Gasteiger partial charge is 0.235 e. The molecule has 0 unspecified atom stereocenters. The van der Waals surface area contributed by atoms with Crippen LogP contribution in [-0.4, -0.2) is 17.3 Å². The van der Waals surface area contributed by atoms with E-state index in [9.17, 15) is 0 Å². The number of benzene rings is 2. The Morgan fingerprint density at radius 1 is 0.962 bits per heavy atom. The minimum Gasteiger partial charge on any atom is -0.497 e. The van der Waals surface area contributed by atoms with Crippen molar-refractivity contribution in [3.05, 3.63) is 71.4 Å². The zero-order chi connectivity index (χ0) is 18.5. The van der Waals surface area contributed by atoms with E-state index in [1.54, 1.807) is 14.0 Å². The Balaban J connectivity index is 1.83. The summed E-state index contributed by atoms with van der Waals surface area (Å²) in [5, 5.41) is 8.08. The second-order valence-corrected chi connectivity index (χ2v) is 6.67. The molecule has 0 amide bonds. The van der Waals surface area contributed by atoms with Gasteiger partial charge < -0.3 is 14.1 Å². The molecular formula is C21H25N3O2. The highest BCUT2D eigenvalue weighted by Crippen LogP contribution is 2.24. The van der Waals surface area contributed by atoms with Gasteiger partial charge >= 0.3 is 0 Å². The third kappa shape index (κ3) is 4.42. The van der Waals surface area contributed by atoms with Crippen molar-refractivity contribution in [1.29, 1.82) is 0 Å². The summed E-state index contributed by atoms with van der Waals surface area (Å²) in [5.74, 6) is 2.56. The normalized spacial score (nSPS) is 11.0. The summed E-state index contributed by atoms with van der Waals surface area (Å²) in [6, 6.07) is 16.8. The number of rotatable bonds is 7.